The van der Waals surface area contributed by atoms with Crippen molar-refractivity contribution in [2.45, 2.75) is 78.1 Å². The molecule has 1 fully saturated rings. The quantitative estimate of drug-likeness (QED) is 0.115. The lowest BCUT2D eigenvalue weighted by Crippen LogP contribution is -2.25. The van der Waals surface area contributed by atoms with E-state index < -0.39 is 24.1 Å². The van der Waals surface area contributed by atoms with Gasteiger partial charge in [-0.15, -0.1) is 0 Å². The van der Waals surface area contributed by atoms with E-state index in [0.717, 1.165) is 0 Å². The molecule has 37 heavy (non-hydrogen) atoms. The van der Waals surface area contributed by atoms with Crippen LogP contribution in [0.4, 0.5) is 0 Å². The van der Waals surface area contributed by atoms with E-state index in [1.165, 1.54) is 19.9 Å². The van der Waals surface area contributed by atoms with Gasteiger partial charge in [0.2, 0.25) is 0 Å². The van der Waals surface area contributed by atoms with Crippen molar-refractivity contribution in [1.82, 2.24) is 0 Å². The third kappa shape index (κ3) is 11.5. The molecular formula is C29H38O8. The summed E-state index contributed by atoms with van der Waals surface area (Å²) >= 11 is 0. The lowest BCUT2D eigenvalue weighted by molar-refractivity contribution is -0.150. The van der Waals surface area contributed by atoms with E-state index in [0.29, 0.717) is 37.9 Å². The molecule has 1 aromatic rings. The van der Waals surface area contributed by atoms with Gasteiger partial charge in [-0.3, -0.25) is 19.2 Å². The highest BCUT2D eigenvalue weighted by Crippen LogP contribution is 2.40. The maximum Gasteiger partial charge on any atom is 0.306 e. The Morgan fingerprint density at radius 3 is 2.30 bits per heavy atom. The summed E-state index contributed by atoms with van der Waals surface area (Å²) in [5.74, 6) is -1.21. The molecule has 8 nitrogen and oxygen atoms in total. The number of allylic oxidation sites excluding steroid dienone is 2. The minimum Gasteiger partial charge on any atom is -0.485 e. The Bertz CT molecular complexity index is 950. The second kappa shape index (κ2) is 15.6. The molecule has 0 aromatic heterocycles. The molecule has 0 radical (unpaired) electrons. The van der Waals surface area contributed by atoms with Gasteiger partial charge >= 0.3 is 17.9 Å². The Labute approximate surface area is 219 Å². The zero-order chi connectivity index (χ0) is 27.2. The van der Waals surface area contributed by atoms with E-state index in [9.17, 15) is 19.2 Å². The van der Waals surface area contributed by atoms with Crippen molar-refractivity contribution in [2.24, 2.45) is 11.8 Å². The third-order valence-electron chi connectivity index (χ3n) is 5.82. The fourth-order valence-electron chi connectivity index (χ4n) is 4.34. The fourth-order valence-corrected chi connectivity index (χ4v) is 4.34. The van der Waals surface area contributed by atoms with Gasteiger partial charge in [0.05, 0.1) is 6.10 Å². The van der Waals surface area contributed by atoms with E-state index in [1.54, 1.807) is 18.2 Å². The number of carbonyl (C=O) groups excluding carboxylic acids is 4. The lowest BCUT2D eigenvalue weighted by Gasteiger charge is -2.22. The summed E-state index contributed by atoms with van der Waals surface area (Å²) in [6, 6.07) is 9.04. The standard InChI is InChI=1S/C29H38O8/c1-20(2)35-29(33)15-11-6-5-10-14-25-26(28(37-22(4)31)18-27(25)36-21(3)30)17-16-23(32)19-34-24-12-8-7-9-13-24/h5,7-10,12-13,16-17,20,25-28H,6,11,14-15,18-19H2,1-4H3/b10-5-,17-16+/t25-,26-,27+,28-/m1/s1. The summed E-state index contributed by atoms with van der Waals surface area (Å²) in [7, 11) is 0. The maximum absolute atomic E-state index is 12.5. The summed E-state index contributed by atoms with van der Waals surface area (Å²) in [6.07, 6.45) is 8.62. The van der Waals surface area contributed by atoms with Crippen LogP contribution in [0.5, 0.6) is 5.75 Å². The molecule has 0 N–H and O–H groups in total. The molecule has 0 spiro atoms. The largest absolute Gasteiger partial charge is 0.485 e. The van der Waals surface area contributed by atoms with Crippen LogP contribution in [-0.4, -0.2) is 48.6 Å². The third-order valence-corrected chi connectivity index (χ3v) is 5.82. The van der Waals surface area contributed by atoms with Crippen LogP contribution in [0, 0.1) is 11.8 Å². The highest BCUT2D eigenvalue weighted by molar-refractivity contribution is 5.91. The zero-order valence-electron chi connectivity index (χ0n) is 22.1. The van der Waals surface area contributed by atoms with Crippen LogP contribution in [0.25, 0.3) is 0 Å². The van der Waals surface area contributed by atoms with Crippen LogP contribution in [0.2, 0.25) is 0 Å². The molecule has 0 saturated heterocycles. The predicted octanol–water partition coefficient (Wildman–Crippen LogP) is 4.76. The van der Waals surface area contributed by atoms with Gasteiger partial charge in [-0.2, -0.15) is 0 Å². The van der Waals surface area contributed by atoms with Crippen LogP contribution in [0.3, 0.4) is 0 Å². The van der Waals surface area contributed by atoms with Gasteiger partial charge in [-0.25, -0.2) is 0 Å². The van der Waals surface area contributed by atoms with E-state index in [2.05, 4.69) is 0 Å². The molecular weight excluding hydrogens is 476 g/mol. The summed E-state index contributed by atoms with van der Waals surface area (Å²) in [6.45, 7) is 6.19. The second-order valence-electron chi connectivity index (χ2n) is 9.34. The number of benzene rings is 1. The van der Waals surface area contributed by atoms with Gasteiger partial charge in [-0.1, -0.05) is 36.4 Å². The van der Waals surface area contributed by atoms with Crippen LogP contribution in [0.15, 0.2) is 54.6 Å². The number of unbranched alkanes of at least 4 members (excludes halogenated alkanes) is 1. The zero-order valence-corrected chi connectivity index (χ0v) is 22.1. The number of hydrogen-bond acceptors (Lipinski definition) is 8. The molecule has 1 saturated carbocycles. The van der Waals surface area contributed by atoms with Crippen LogP contribution < -0.4 is 4.74 Å². The van der Waals surface area contributed by atoms with Gasteiger partial charge in [0.1, 0.15) is 18.0 Å². The van der Waals surface area contributed by atoms with E-state index >= 15 is 0 Å². The maximum atomic E-state index is 12.5. The van der Waals surface area contributed by atoms with Crippen LogP contribution in [-0.2, 0) is 33.4 Å². The number of rotatable bonds is 14. The molecule has 0 amide bonds. The topological polar surface area (TPSA) is 105 Å². The first-order chi connectivity index (χ1) is 17.7. The Morgan fingerprint density at radius 1 is 0.973 bits per heavy atom. The van der Waals surface area contributed by atoms with Gasteiger partial charge in [0.25, 0.3) is 0 Å². The number of ether oxygens (including phenoxy) is 4. The van der Waals surface area contributed by atoms with Crippen molar-refractivity contribution < 1.29 is 38.1 Å². The number of hydrogen-bond donors (Lipinski definition) is 0. The Morgan fingerprint density at radius 2 is 1.65 bits per heavy atom. The van der Waals surface area contributed by atoms with Crippen molar-refractivity contribution in [3.8, 4) is 5.75 Å². The summed E-state index contributed by atoms with van der Waals surface area (Å²) in [4.78, 5) is 47.6. The van der Waals surface area contributed by atoms with Crippen molar-refractivity contribution in [3.63, 3.8) is 0 Å². The smallest absolute Gasteiger partial charge is 0.306 e. The van der Waals surface area contributed by atoms with Gasteiger partial charge in [0, 0.05) is 38.5 Å². The Hall–Kier alpha value is -3.42. The minimum absolute atomic E-state index is 0.122. The van der Waals surface area contributed by atoms with Crippen LogP contribution in [0.1, 0.15) is 59.8 Å². The molecule has 1 aromatic carbocycles. The first-order valence-electron chi connectivity index (χ1n) is 12.7. The van der Waals surface area contributed by atoms with Crippen LogP contribution >= 0.6 is 0 Å². The Kier molecular flexibility index (Phi) is 12.6. The molecule has 2 rings (SSSR count). The van der Waals surface area contributed by atoms with Crippen molar-refractivity contribution in [3.05, 3.63) is 54.6 Å². The SMILES string of the molecule is CC(=O)O[C@H]1C[C@@H](OC(C)=O)[C@H](/C=C/C(=O)COc2ccccc2)[C@H]1C/C=C\CCCC(=O)OC(C)C. The molecule has 1 aliphatic carbocycles. The van der Waals surface area contributed by atoms with Gasteiger partial charge in [0.15, 0.2) is 12.4 Å². The minimum atomic E-state index is -0.523. The average molecular weight is 515 g/mol. The number of esters is 3. The van der Waals surface area contributed by atoms with Crippen molar-refractivity contribution in [2.75, 3.05) is 6.61 Å². The summed E-state index contributed by atoms with van der Waals surface area (Å²) in [5, 5.41) is 0. The van der Waals surface area contributed by atoms with E-state index in [1.807, 2.05) is 44.2 Å². The number of para-hydroxylation sites is 1. The first-order valence-corrected chi connectivity index (χ1v) is 12.7. The monoisotopic (exact) mass is 514 g/mol. The first kappa shape index (κ1) is 29.8. The fraction of sp³-hybridized carbons (Fsp3) is 0.517. The van der Waals surface area contributed by atoms with Gasteiger partial charge < -0.3 is 18.9 Å². The molecule has 4 atom stereocenters. The molecule has 8 heteroatoms. The highest BCUT2D eigenvalue weighted by atomic mass is 16.6. The lowest BCUT2D eigenvalue weighted by atomic mass is 9.89. The molecule has 202 valence electrons. The van der Waals surface area contributed by atoms with Crippen molar-refractivity contribution >= 4 is 23.7 Å². The molecule has 0 bridgehead atoms. The molecule has 0 heterocycles. The summed E-state index contributed by atoms with van der Waals surface area (Å²) < 4.78 is 21.7. The molecule has 0 unspecified atom stereocenters. The summed E-state index contributed by atoms with van der Waals surface area (Å²) in [5.41, 5.74) is 0. The second-order valence-corrected chi connectivity index (χ2v) is 9.34. The Balaban J connectivity index is 2.04. The van der Waals surface area contributed by atoms with Crippen molar-refractivity contribution in [1.29, 1.82) is 0 Å². The van der Waals surface area contributed by atoms with Gasteiger partial charge in [-0.05, 0) is 51.3 Å². The number of ketones is 1. The number of carbonyl (C=O) groups is 4. The van der Waals surface area contributed by atoms with E-state index in [-0.39, 0.29) is 36.3 Å². The molecule has 1 aliphatic rings. The molecule has 0 aliphatic heterocycles. The normalized spacial score (nSPS) is 21.3. The van der Waals surface area contributed by atoms with E-state index in [4.69, 9.17) is 18.9 Å². The predicted molar refractivity (Wildman–Crippen MR) is 138 cm³/mol. The average Bonchev–Trinajstić information content (AvgIpc) is 3.12. The highest BCUT2D eigenvalue weighted by Gasteiger charge is 2.45.